The highest BCUT2D eigenvalue weighted by Gasteiger charge is 2.11. The molecule has 96 valence electrons. The largest absolute Gasteiger partial charge is 0.377 e. The fourth-order valence-corrected chi connectivity index (χ4v) is 1.86. The Morgan fingerprint density at radius 1 is 1.33 bits per heavy atom. The number of nitrogens with two attached hydrogens (primary N) is 1. The van der Waals surface area contributed by atoms with Crippen LogP contribution in [0.1, 0.15) is 24.1 Å². The summed E-state index contributed by atoms with van der Waals surface area (Å²) in [5, 5.41) is 7.71. The molecule has 0 aliphatic rings. The van der Waals surface area contributed by atoms with E-state index in [1.165, 1.54) is 5.56 Å². The van der Waals surface area contributed by atoms with E-state index in [0.29, 0.717) is 6.54 Å². The molecule has 0 saturated carbocycles. The summed E-state index contributed by atoms with van der Waals surface area (Å²) < 4.78 is 1.91. The van der Waals surface area contributed by atoms with E-state index < -0.39 is 0 Å². The maximum Gasteiger partial charge on any atom is 0.0667 e. The van der Waals surface area contributed by atoms with Crippen molar-refractivity contribution in [3.63, 3.8) is 0 Å². The summed E-state index contributed by atoms with van der Waals surface area (Å²) in [6.07, 6.45) is 3.92. The topological polar surface area (TPSA) is 55.9 Å². The van der Waals surface area contributed by atoms with E-state index in [-0.39, 0.29) is 6.04 Å². The second-order valence-corrected chi connectivity index (χ2v) is 4.43. The third kappa shape index (κ3) is 2.90. The van der Waals surface area contributed by atoms with Crippen molar-refractivity contribution in [1.29, 1.82) is 0 Å². The van der Waals surface area contributed by atoms with Crippen LogP contribution in [0.15, 0.2) is 36.7 Å². The average Bonchev–Trinajstić information content (AvgIpc) is 2.87. The number of aryl methyl sites for hydroxylation is 2. The number of hydrogen-bond donors (Lipinski definition) is 2. The first-order valence-corrected chi connectivity index (χ1v) is 6.28. The Bertz CT molecular complexity index is 487. The van der Waals surface area contributed by atoms with Gasteiger partial charge in [-0.25, -0.2) is 0 Å². The van der Waals surface area contributed by atoms with Crippen molar-refractivity contribution in [3.05, 3.63) is 47.8 Å². The lowest BCUT2D eigenvalue weighted by Gasteiger charge is -2.16. The number of anilines is 1. The Morgan fingerprint density at radius 2 is 2.06 bits per heavy atom. The van der Waals surface area contributed by atoms with E-state index in [2.05, 4.69) is 48.5 Å². The molecule has 2 aromatic rings. The summed E-state index contributed by atoms with van der Waals surface area (Å²) in [5.41, 5.74) is 9.30. The van der Waals surface area contributed by atoms with Crippen LogP contribution in [0.25, 0.3) is 0 Å². The van der Waals surface area contributed by atoms with Gasteiger partial charge in [-0.3, -0.25) is 4.68 Å². The fraction of sp³-hybridized carbons (Fsp3) is 0.357. The zero-order valence-corrected chi connectivity index (χ0v) is 10.9. The van der Waals surface area contributed by atoms with Crippen molar-refractivity contribution in [2.45, 2.75) is 26.4 Å². The highest BCUT2D eigenvalue weighted by Crippen LogP contribution is 2.18. The van der Waals surface area contributed by atoms with Crippen LogP contribution >= 0.6 is 0 Å². The number of benzene rings is 1. The quantitative estimate of drug-likeness (QED) is 0.848. The highest BCUT2D eigenvalue weighted by atomic mass is 15.3. The van der Waals surface area contributed by atoms with Crippen LogP contribution in [0.2, 0.25) is 0 Å². The lowest BCUT2D eigenvalue weighted by molar-refractivity contribution is 0.658. The van der Waals surface area contributed by atoms with E-state index in [1.54, 1.807) is 0 Å². The first-order chi connectivity index (χ1) is 8.72. The summed E-state index contributed by atoms with van der Waals surface area (Å²) in [6.45, 7) is 5.57. The number of rotatable bonds is 5. The van der Waals surface area contributed by atoms with Crippen LogP contribution in [-0.4, -0.2) is 16.3 Å². The third-order valence-corrected chi connectivity index (χ3v) is 3.01. The lowest BCUT2D eigenvalue weighted by Crippen LogP contribution is -2.20. The van der Waals surface area contributed by atoms with Crippen molar-refractivity contribution in [3.8, 4) is 0 Å². The first-order valence-electron chi connectivity index (χ1n) is 6.28. The van der Waals surface area contributed by atoms with E-state index in [4.69, 9.17) is 5.73 Å². The summed E-state index contributed by atoms with van der Waals surface area (Å²) in [7, 11) is 0. The van der Waals surface area contributed by atoms with Gasteiger partial charge in [0.1, 0.15) is 0 Å². The molecular formula is C14H20N4. The molecule has 4 nitrogen and oxygen atoms in total. The molecule has 1 unspecified atom stereocenters. The molecule has 1 aromatic heterocycles. The molecule has 4 heteroatoms. The minimum absolute atomic E-state index is 0.105. The molecule has 0 fully saturated rings. The van der Waals surface area contributed by atoms with E-state index in [0.717, 1.165) is 17.8 Å². The molecule has 3 N–H and O–H groups in total. The van der Waals surface area contributed by atoms with E-state index >= 15 is 0 Å². The Labute approximate surface area is 108 Å². The Kier molecular flexibility index (Phi) is 3.99. The summed E-state index contributed by atoms with van der Waals surface area (Å²) in [5.74, 6) is 0. The third-order valence-electron chi connectivity index (χ3n) is 3.01. The Balaban J connectivity index is 2.11. The molecule has 0 amide bonds. The lowest BCUT2D eigenvalue weighted by atomic mass is 10.1. The smallest absolute Gasteiger partial charge is 0.0667 e. The minimum atomic E-state index is 0.105. The van der Waals surface area contributed by atoms with Crippen LogP contribution in [-0.2, 0) is 6.54 Å². The molecule has 1 atom stereocenters. The standard InChI is InChI=1S/C14H20N4/c1-3-18-10-12(9-16-18)14(8-15)17-13-6-4-11(2)5-7-13/h4-7,9-10,14,17H,3,8,15H2,1-2H3. The molecular weight excluding hydrogens is 224 g/mol. The second kappa shape index (κ2) is 5.69. The van der Waals surface area contributed by atoms with Crippen LogP contribution in [0.4, 0.5) is 5.69 Å². The maximum atomic E-state index is 5.83. The van der Waals surface area contributed by atoms with Gasteiger partial charge >= 0.3 is 0 Å². The molecule has 2 rings (SSSR count). The van der Waals surface area contributed by atoms with Gasteiger partial charge in [0.25, 0.3) is 0 Å². The molecule has 1 aromatic carbocycles. The monoisotopic (exact) mass is 244 g/mol. The van der Waals surface area contributed by atoms with Crippen molar-refractivity contribution in [2.75, 3.05) is 11.9 Å². The van der Waals surface area contributed by atoms with Crippen LogP contribution in [0, 0.1) is 6.92 Å². The molecule has 0 aliphatic carbocycles. The molecule has 0 aliphatic heterocycles. The summed E-state index contributed by atoms with van der Waals surface area (Å²) >= 11 is 0. The molecule has 0 bridgehead atoms. The van der Waals surface area contributed by atoms with Gasteiger partial charge in [0.05, 0.1) is 12.2 Å². The molecule has 18 heavy (non-hydrogen) atoms. The van der Waals surface area contributed by atoms with E-state index in [1.807, 2.05) is 17.1 Å². The van der Waals surface area contributed by atoms with Gasteiger partial charge in [-0.2, -0.15) is 5.10 Å². The van der Waals surface area contributed by atoms with Crippen molar-refractivity contribution in [1.82, 2.24) is 9.78 Å². The molecule has 0 spiro atoms. The summed E-state index contributed by atoms with van der Waals surface area (Å²) in [6, 6.07) is 8.43. The highest BCUT2D eigenvalue weighted by molar-refractivity contribution is 5.46. The molecule has 1 heterocycles. The predicted molar refractivity (Wildman–Crippen MR) is 74.5 cm³/mol. The van der Waals surface area contributed by atoms with Crippen LogP contribution < -0.4 is 11.1 Å². The Morgan fingerprint density at radius 3 is 2.61 bits per heavy atom. The van der Waals surface area contributed by atoms with Gasteiger partial charge < -0.3 is 11.1 Å². The number of hydrogen-bond acceptors (Lipinski definition) is 3. The molecule has 0 saturated heterocycles. The SMILES string of the molecule is CCn1cc(C(CN)Nc2ccc(C)cc2)cn1. The fourth-order valence-electron chi connectivity index (χ4n) is 1.86. The van der Waals surface area contributed by atoms with Crippen LogP contribution in [0.3, 0.4) is 0 Å². The van der Waals surface area contributed by atoms with E-state index in [9.17, 15) is 0 Å². The zero-order valence-electron chi connectivity index (χ0n) is 10.9. The van der Waals surface area contributed by atoms with Crippen molar-refractivity contribution < 1.29 is 0 Å². The number of aromatic nitrogens is 2. The average molecular weight is 244 g/mol. The second-order valence-electron chi connectivity index (χ2n) is 4.43. The number of nitrogens with zero attached hydrogens (tertiary/aromatic N) is 2. The van der Waals surface area contributed by atoms with Gasteiger partial charge in [-0.15, -0.1) is 0 Å². The molecule has 0 radical (unpaired) electrons. The number of nitrogens with one attached hydrogen (secondary N) is 1. The van der Waals surface area contributed by atoms with Crippen molar-refractivity contribution in [2.24, 2.45) is 5.73 Å². The maximum absolute atomic E-state index is 5.83. The van der Waals surface area contributed by atoms with Gasteiger partial charge in [-0.1, -0.05) is 17.7 Å². The Hall–Kier alpha value is -1.81. The van der Waals surface area contributed by atoms with Crippen LogP contribution in [0.5, 0.6) is 0 Å². The van der Waals surface area contributed by atoms with Gasteiger partial charge in [0, 0.05) is 30.5 Å². The van der Waals surface area contributed by atoms with Gasteiger partial charge in [0.15, 0.2) is 0 Å². The zero-order chi connectivity index (χ0) is 13.0. The summed E-state index contributed by atoms with van der Waals surface area (Å²) in [4.78, 5) is 0. The van der Waals surface area contributed by atoms with Gasteiger partial charge in [0.2, 0.25) is 0 Å². The minimum Gasteiger partial charge on any atom is -0.377 e. The van der Waals surface area contributed by atoms with Gasteiger partial charge in [-0.05, 0) is 26.0 Å². The first kappa shape index (κ1) is 12.6. The van der Waals surface area contributed by atoms with Crippen molar-refractivity contribution >= 4 is 5.69 Å². The normalized spacial score (nSPS) is 12.4. The predicted octanol–water partition coefficient (Wildman–Crippen LogP) is 2.32.